The van der Waals surface area contributed by atoms with E-state index in [1.807, 2.05) is 11.0 Å². The van der Waals surface area contributed by atoms with Crippen LogP contribution in [0.25, 0.3) is 0 Å². The van der Waals surface area contributed by atoms with E-state index >= 15 is 0 Å². The topological polar surface area (TPSA) is 96.2 Å². The fourth-order valence-corrected chi connectivity index (χ4v) is 2.82. The zero-order chi connectivity index (χ0) is 14.5. The molecule has 0 bridgehead atoms. The van der Waals surface area contributed by atoms with Crippen LogP contribution in [0.1, 0.15) is 24.8 Å². The molecule has 1 heterocycles. The van der Waals surface area contributed by atoms with Crippen LogP contribution in [-0.2, 0) is 0 Å². The highest BCUT2D eigenvalue weighted by Gasteiger charge is 2.27. The van der Waals surface area contributed by atoms with E-state index in [9.17, 15) is 10.1 Å². The number of benzene rings is 1. The minimum Gasteiger partial charge on any atom is -0.366 e. The lowest BCUT2D eigenvalue weighted by atomic mass is 9.94. The predicted molar refractivity (Wildman–Crippen MR) is 76.4 cm³/mol. The molecule has 1 aliphatic heterocycles. The van der Waals surface area contributed by atoms with Crippen LogP contribution >= 0.6 is 0 Å². The predicted octanol–water partition coefficient (Wildman–Crippen LogP) is 2.03. The minimum absolute atomic E-state index is 0.0802. The van der Waals surface area contributed by atoms with Gasteiger partial charge < -0.3 is 10.6 Å². The summed E-state index contributed by atoms with van der Waals surface area (Å²) in [6.07, 6.45) is 3.04. The summed E-state index contributed by atoms with van der Waals surface area (Å²) in [5.41, 5.74) is 6.19. The number of hydrogen-bond donors (Lipinski definition) is 1. The fourth-order valence-electron chi connectivity index (χ4n) is 2.82. The number of rotatable bonds is 4. The van der Waals surface area contributed by atoms with Crippen LogP contribution in [0.15, 0.2) is 18.2 Å². The number of para-hydroxylation sites is 1. The molecule has 1 saturated heterocycles. The maximum Gasteiger partial charge on any atom is 0.310 e. The molecule has 6 heteroatoms. The fraction of sp³-hybridized carbons (Fsp3) is 0.500. The van der Waals surface area contributed by atoms with Gasteiger partial charge in [-0.25, -0.2) is 0 Å². The Hall–Kier alpha value is -2.13. The monoisotopic (exact) mass is 274 g/mol. The van der Waals surface area contributed by atoms with Gasteiger partial charge in [0.25, 0.3) is 0 Å². The maximum atomic E-state index is 11.3. The lowest BCUT2D eigenvalue weighted by Gasteiger charge is -2.34. The summed E-state index contributed by atoms with van der Waals surface area (Å²) >= 11 is 0. The molecule has 1 aromatic rings. The second kappa shape index (κ2) is 6.35. The van der Waals surface area contributed by atoms with Crippen molar-refractivity contribution in [2.75, 3.05) is 24.5 Å². The van der Waals surface area contributed by atoms with Crippen molar-refractivity contribution in [3.63, 3.8) is 0 Å². The van der Waals surface area contributed by atoms with Crippen molar-refractivity contribution < 1.29 is 4.92 Å². The smallest absolute Gasteiger partial charge is 0.310 e. The zero-order valence-electron chi connectivity index (χ0n) is 11.3. The molecule has 0 amide bonds. The Morgan fingerprint density at radius 3 is 3.00 bits per heavy atom. The lowest BCUT2D eigenvalue weighted by molar-refractivity contribution is -0.384. The molecule has 2 rings (SSSR count). The Labute approximate surface area is 117 Å². The molecule has 6 nitrogen and oxygen atoms in total. The largest absolute Gasteiger partial charge is 0.366 e. The number of nitro groups is 1. The molecule has 106 valence electrons. The third kappa shape index (κ3) is 2.89. The zero-order valence-corrected chi connectivity index (χ0v) is 11.3. The van der Waals surface area contributed by atoms with Crippen molar-refractivity contribution in [2.45, 2.75) is 19.3 Å². The third-order valence-electron chi connectivity index (χ3n) is 3.75. The Balaban J connectivity index is 2.32. The van der Waals surface area contributed by atoms with Gasteiger partial charge in [-0.2, -0.15) is 5.26 Å². The number of piperidine rings is 1. The van der Waals surface area contributed by atoms with E-state index in [2.05, 4.69) is 0 Å². The molecule has 1 aromatic carbocycles. The Kier molecular flexibility index (Phi) is 4.53. The summed E-state index contributed by atoms with van der Waals surface area (Å²) in [6, 6.07) is 6.82. The van der Waals surface area contributed by atoms with E-state index in [-0.39, 0.29) is 11.3 Å². The van der Waals surface area contributed by atoms with Crippen LogP contribution < -0.4 is 10.6 Å². The van der Waals surface area contributed by atoms with Crippen LogP contribution in [0.4, 0.5) is 11.4 Å². The molecule has 1 fully saturated rings. The lowest BCUT2D eigenvalue weighted by Crippen LogP contribution is -2.36. The van der Waals surface area contributed by atoms with Gasteiger partial charge in [0.15, 0.2) is 0 Å². The summed E-state index contributed by atoms with van der Waals surface area (Å²) in [5, 5.41) is 20.3. The number of nitrogens with zero attached hydrogens (tertiary/aromatic N) is 3. The van der Waals surface area contributed by atoms with Gasteiger partial charge in [0, 0.05) is 13.1 Å². The van der Waals surface area contributed by atoms with Gasteiger partial charge in [0.05, 0.1) is 4.92 Å². The number of nitrogens with two attached hydrogens (primary N) is 1. The van der Waals surface area contributed by atoms with Crippen molar-refractivity contribution >= 4 is 11.4 Å². The van der Waals surface area contributed by atoms with Gasteiger partial charge >= 0.3 is 5.69 Å². The molecule has 0 aliphatic carbocycles. The molecule has 1 aliphatic rings. The van der Waals surface area contributed by atoms with Crippen LogP contribution in [-0.4, -0.2) is 24.6 Å². The molecule has 0 saturated carbocycles. The summed E-state index contributed by atoms with van der Waals surface area (Å²) in [4.78, 5) is 12.8. The molecular weight excluding hydrogens is 256 g/mol. The first-order chi connectivity index (χ1) is 9.67. The van der Waals surface area contributed by atoms with Crippen molar-refractivity contribution in [3.8, 4) is 6.07 Å². The summed E-state index contributed by atoms with van der Waals surface area (Å²) in [7, 11) is 0. The van der Waals surface area contributed by atoms with Crippen LogP contribution in [0.3, 0.4) is 0 Å². The molecule has 1 atom stereocenters. The van der Waals surface area contributed by atoms with Crippen molar-refractivity contribution in [1.29, 1.82) is 5.26 Å². The summed E-state index contributed by atoms with van der Waals surface area (Å²) < 4.78 is 0. The molecule has 0 spiro atoms. The Bertz CT molecular complexity index is 536. The van der Waals surface area contributed by atoms with Crippen molar-refractivity contribution in [2.24, 2.45) is 11.7 Å². The van der Waals surface area contributed by atoms with Gasteiger partial charge in [0.1, 0.15) is 17.3 Å². The summed E-state index contributed by atoms with van der Waals surface area (Å²) in [5.74, 6) is 0.471. The maximum absolute atomic E-state index is 11.3. The number of anilines is 1. The highest BCUT2D eigenvalue weighted by Crippen LogP contribution is 2.34. The molecule has 20 heavy (non-hydrogen) atoms. The molecule has 1 unspecified atom stereocenters. The van der Waals surface area contributed by atoms with Crippen LogP contribution in [0.5, 0.6) is 0 Å². The molecule has 0 radical (unpaired) electrons. The van der Waals surface area contributed by atoms with Crippen molar-refractivity contribution in [1.82, 2.24) is 0 Å². The number of nitriles is 1. The first kappa shape index (κ1) is 14.3. The number of hydrogen-bond acceptors (Lipinski definition) is 5. The molecular formula is C14H18N4O2. The van der Waals surface area contributed by atoms with Crippen LogP contribution in [0, 0.1) is 27.4 Å². The van der Waals surface area contributed by atoms with Gasteiger partial charge in [-0.1, -0.05) is 6.07 Å². The van der Waals surface area contributed by atoms with Crippen LogP contribution in [0.2, 0.25) is 0 Å². The van der Waals surface area contributed by atoms with Gasteiger partial charge in [0.2, 0.25) is 0 Å². The van der Waals surface area contributed by atoms with Gasteiger partial charge in [-0.15, -0.1) is 0 Å². The highest BCUT2D eigenvalue weighted by molar-refractivity contribution is 5.70. The van der Waals surface area contributed by atoms with E-state index in [0.29, 0.717) is 18.2 Å². The first-order valence-electron chi connectivity index (χ1n) is 6.80. The second-order valence-electron chi connectivity index (χ2n) is 5.07. The van der Waals surface area contributed by atoms with E-state index in [1.165, 1.54) is 6.07 Å². The normalized spacial score (nSPS) is 18.6. The van der Waals surface area contributed by atoms with Crippen molar-refractivity contribution in [3.05, 3.63) is 33.9 Å². The van der Waals surface area contributed by atoms with Gasteiger partial charge in [-0.3, -0.25) is 10.1 Å². The SMILES string of the molecule is N#Cc1cccc(N2CCCC(CCN)C2)c1[N+](=O)[O-]. The standard InChI is InChI=1S/C14H18N4O2/c15-7-6-11-3-2-8-17(10-11)13-5-1-4-12(9-16)14(13)18(19)20/h1,4-5,11H,2-3,6-8,10,15H2. The average molecular weight is 274 g/mol. The summed E-state index contributed by atoms with van der Waals surface area (Å²) in [6.45, 7) is 2.20. The Morgan fingerprint density at radius 1 is 1.55 bits per heavy atom. The number of nitro benzene ring substituents is 1. The Morgan fingerprint density at radius 2 is 2.35 bits per heavy atom. The highest BCUT2D eigenvalue weighted by atomic mass is 16.6. The minimum atomic E-state index is -0.458. The van der Waals surface area contributed by atoms with E-state index in [1.54, 1.807) is 12.1 Å². The second-order valence-corrected chi connectivity index (χ2v) is 5.07. The van der Waals surface area contributed by atoms with E-state index in [4.69, 9.17) is 11.0 Å². The van der Waals surface area contributed by atoms with Gasteiger partial charge in [-0.05, 0) is 43.9 Å². The van der Waals surface area contributed by atoms with E-state index < -0.39 is 4.92 Å². The molecule has 0 aromatic heterocycles. The average Bonchev–Trinajstić information content (AvgIpc) is 2.47. The first-order valence-corrected chi connectivity index (χ1v) is 6.80. The van der Waals surface area contributed by atoms with E-state index in [0.717, 1.165) is 32.4 Å². The molecule has 2 N–H and O–H groups in total. The third-order valence-corrected chi connectivity index (χ3v) is 3.75. The quantitative estimate of drug-likeness (QED) is 0.669.